The van der Waals surface area contributed by atoms with Gasteiger partial charge < -0.3 is 25.0 Å². The van der Waals surface area contributed by atoms with Crippen LogP contribution in [0.1, 0.15) is 85.2 Å². The summed E-state index contributed by atoms with van der Waals surface area (Å²) < 4.78 is 8.52. The lowest BCUT2D eigenvalue weighted by atomic mass is 9.75. The summed E-state index contributed by atoms with van der Waals surface area (Å²) in [6.45, 7) is 1.25. The van der Waals surface area contributed by atoms with Crippen molar-refractivity contribution in [3.63, 3.8) is 0 Å². The number of para-hydroxylation sites is 1. The fourth-order valence-electron chi connectivity index (χ4n) is 7.37. The standard InChI is InChI=1S/C37H39N3O5/c41-32(42)18-13-24-11-15-27(16-12-24)38-36(44)37(19-6-20-37)39-35(43)26-14-17-28-30(23-26)40-21-22-45-31-10-5-4-9-29(31)34(40)33(28)25-7-2-1-3-8-25/h4-5,9-12,14-17,23,25H,1-3,6-8,13,18-22H2,(H,38,44)(H,39,43)(H,41,42). The highest BCUT2D eigenvalue weighted by molar-refractivity contribution is 6.06. The van der Waals surface area contributed by atoms with Crippen molar-refractivity contribution in [2.24, 2.45) is 0 Å². The summed E-state index contributed by atoms with van der Waals surface area (Å²) in [5, 5.41) is 16.2. The molecule has 0 atom stereocenters. The Bertz CT molecular complexity index is 1760. The maximum Gasteiger partial charge on any atom is 0.303 e. The summed E-state index contributed by atoms with van der Waals surface area (Å²) in [7, 11) is 0. The molecular weight excluding hydrogens is 566 g/mol. The second-order valence-corrected chi connectivity index (χ2v) is 12.8. The number of nitrogens with zero attached hydrogens (tertiary/aromatic N) is 1. The van der Waals surface area contributed by atoms with Crippen molar-refractivity contribution in [1.82, 2.24) is 9.88 Å². The zero-order valence-corrected chi connectivity index (χ0v) is 25.4. The molecule has 3 aromatic carbocycles. The van der Waals surface area contributed by atoms with Gasteiger partial charge in [0.15, 0.2) is 0 Å². The number of amides is 2. The van der Waals surface area contributed by atoms with E-state index in [0.717, 1.165) is 28.8 Å². The third-order valence-corrected chi connectivity index (χ3v) is 9.93. The molecule has 2 fully saturated rings. The van der Waals surface area contributed by atoms with E-state index in [9.17, 15) is 14.4 Å². The number of aryl methyl sites for hydroxylation is 1. The summed E-state index contributed by atoms with van der Waals surface area (Å²) >= 11 is 0. The van der Waals surface area contributed by atoms with E-state index >= 15 is 0 Å². The van der Waals surface area contributed by atoms with Crippen LogP contribution >= 0.6 is 0 Å². The number of ether oxygens (including phenoxy) is 1. The lowest BCUT2D eigenvalue weighted by Gasteiger charge is -2.40. The van der Waals surface area contributed by atoms with E-state index < -0.39 is 11.5 Å². The lowest BCUT2D eigenvalue weighted by molar-refractivity contribution is -0.137. The predicted octanol–water partition coefficient (Wildman–Crippen LogP) is 7.06. The normalized spacial score (nSPS) is 17.2. The van der Waals surface area contributed by atoms with Crippen LogP contribution in [0.5, 0.6) is 5.75 Å². The second-order valence-electron chi connectivity index (χ2n) is 12.8. The number of carboxylic acids is 1. The fourth-order valence-corrected chi connectivity index (χ4v) is 7.37. The number of anilines is 1. The molecule has 0 spiro atoms. The molecule has 0 radical (unpaired) electrons. The molecule has 2 heterocycles. The number of nitrogens with one attached hydrogen (secondary N) is 2. The van der Waals surface area contributed by atoms with Crippen LogP contribution in [0.2, 0.25) is 0 Å². The van der Waals surface area contributed by atoms with Gasteiger partial charge in [0.2, 0.25) is 5.91 Å². The Labute approximate surface area is 262 Å². The minimum atomic E-state index is -0.968. The van der Waals surface area contributed by atoms with Crippen molar-refractivity contribution in [3.05, 3.63) is 83.4 Å². The zero-order valence-electron chi connectivity index (χ0n) is 25.4. The van der Waals surface area contributed by atoms with E-state index in [1.807, 2.05) is 36.4 Å². The van der Waals surface area contributed by atoms with E-state index in [2.05, 4.69) is 33.4 Å². The van der Waals surface area contributed by atoms with E-state index in [-0.39, 0.29) is 18.2 Å². The van der Waals surface area contributed by atoms with Crippen molar-refractivity contribution in [2.45, 2.75) is 82.2 Å². The Kier molecular flexibility index (Phi) is 7.81. The van der Waals surface area contributed by atoms with Gasteiger partial charge in [0.25, 0.3) is 5.91 Å². The van der Waals surface area contributed by atoms with Gasteiger partial charge in [-0.05, 0) is 92.0 Å². The first-order valence-electron chi connectivity index (χ1n) is 16.2. The van der Waals surface area contributed by atoms with Crippen molar-refractivity contribution in [1.29, 1.82) is 0 Å². The number of aromatic nitrogens is 1. The topological polar surface area (TPSA) is 110 Å². The Balaban J connectivity index is 1.17. The maximum atomic E-state index is 13.8. The summed E-state index contributed by atoms with van der Waals surface area (Å²) in [6.07, 6.45) is 8.57. The van der Waals surface area contributed by atoms with Gasteiger partial charge in [0.1, 0.15) is 17.9 Å². The van der Waals surface area contributed by atoms with Gasteiger partial charge in [-0.15, -0.1) is 0 Å². The highest BCUT2D eigenvalue weighted by Gasteiger charge is 2.45. The molecule has 232 valence electrons. The van der Waals surface area contributed by atoms with Crippen LogP contribution in [0.15, 0.2) is 66.7 Å². The molecule has 8 nitrogen and oxygen atoms in total. The minimum absolute atomic E-state index is 0.0572. The van der Waals surface area contributed by atoms with Gasteiger partial charge in [0.05, 0.1) is 12.2 Å². The lowest BCUT2D eigenvalue weighted by Crippen LogP contribution is -2.61. The predicted molar refractivity (Wildman–Crippen MR) is 174 cm³/mol. The average Bonchev–Trinajstić information content (AvgIpc) is 3.23. The van der Waals surface area contributed by atoms with Crippen LogP contribution in [0, 0.1) is 0 Å². The van der Waals surface area contributed by atoms with Crippen LogP contribution in [-0.4, -0.2) is 39.6 Å². The van der Waals surface area contributed by atoms with Crippen LogP contribution in [0.25, 0.3) is 22.2 Å². The van der Waals surface area contributed by atoms with Crippen LogP contribution in [-0.2, 0) is 22.6 Å². The molecule has 8 heteroatoms. The van der Waals surface area contributed by atoms with Crippen molar-refractivity contribution >= 4 is 34.4 Å². The van der Waals surface area contributed by atoms with Crippen molar-refractivity contribution in [2.75, 3.05) is 11.9 Å². The largest absolute Gasteiger partial charge is 0.491 e. The highest BCUT2D eigenvalue weighted by Crippen LogP contribution is 2.47. The highest BCUT2D eigenvalue weighted by atomic mass is 16.5. The Morgan fingerprint density at radius 2 is 1.71 bits per heavy atom. The van der Waals surface area contributed by atoms with Crippen molar-refractivity contribution < 1.29 is 24.2 Å². The molecule has 3 N–H and O–H groups in total. The molecule has 4 aromatic rings. The molecule has 3 aliphatic rings. The molecule has 2 saturated carbocycles. The fraction of sp³-hybridized carbons (Fsp3) is 0.378. The number of aliphatic carboxylic acids is 1. The smallest absolute Gasteiger partial charge is 0.303 e. The molecule has 0 bridgehead atoms. The first-order valence-corrected chi connectivity index (χ1v) is 16.2. The van der Waals surface area contributed by atoms with Gasteiger partial charge in [-0.2, -0.15) is 0 Å². The van der Waals surface area contributed by atoms with Crippen LogP contribution in [0.3, 0.4) is 0 Å². The average molecular weight is 606 g/mol. The summed E-state index contributed by atoms with van der Waals surface area (Å²) in [5.74, 6) is 0.0474. The Morgan fingerprint density at radius 3 is 2.44 bits per heavy atom. The van der Waals surface area contributed by atoms with Gasteiger partial charge in [-0.3, -0.25) is 14.4 Å². The number of hydrogen-bond acceptors (Lipinski definition) is 4. The van der Waals surface area contributed by atoms with Gasteiger partial charge >= 0.3 is 5.97 Å². The number of hydrogen-bond donors (Lipinski definition) is 3. The molecule has 2 amide bonds. The van der Waals surface area contributed by atoms with Gasteiger partial charge in [-0.25, -0.2) is 0 Å². The van der Waals surface area contributed by atoms with Gasteiger partial charge in [-0.1, -0.05) is 49.6 Å². The summed E-state index contributed by atoms with van der Waals surface area (Å²) in [4.78, 5) is 38.2. The molecule has 1 aliphatic heterocycles. The third kappa shape index (κ3) is 5.58. The third-order valence-electron chi connectivity index (χ3n) is 9.93. The van der Waals surface area contributed by atoms with E-state index in [1.165, 1.54) is 48.7 Å². The number of fused-ring (bicyclic) bond motifs is 5. The molecule has 45 heavy (non-hydrogen) atoms. The zero-order chi connectivity index (χ0) is 31.0. The van der Waals surface area contributed by atoms with Crippen LogP contribution in [0.4, 0.5) is 5.69 Å². The number of rotatable bonds is 8. The number of benzene rings is 3. The number of carbonyl (C=O) groups is 3. The van der Waals surface area contributed by atoms with Gasteiger partial charge in [0, 0.05) is 34.1 Å². The number of carbonyl (C=O) groups excluding carboxylic acids is 2. The summed E-state index contributed by atoms with van der Waals surface area (Å²) in [6, 6.07) is 21.5. The first-order chi connectivity index (χ1) is 21.9. The molecule has 0 unspecified atom stereocenters. The van der Waals surface area contributed by atoms with E-state index in [4.69, 9.17) is 9.84 Å². The van der Waals surface area contributed by atoms with Crippen LogP contribution < -0.4 is 15.4 Å². The monoisotopic (exact) mass is 605 g/mol. The molecule has 1 aromatic heterocycles. The molecule has 7 rings (SSSR count). The number of carboxylic acid groups (broad SMARTS) is 1. The quantitative estimate of drug-likeness (QED) is 0.199. The molecular formula is C37H39N3O5. The summed E-state index contributed by atoms with van der Waals surface area (Å²) in [5.41, 5.74) is 5.82. The SMILES string of the molecule is O=C(O)CCc1ccc(NC(=O)C2(NC(=O)c3ccc4c(C5CCCCC5)c5n(c4c3)CCOc3ccccc3-5)CCC2)cc1. The maximum absolute atomic E-state index is 13.8. The molecule has 0 saturated heterocycles. The Hall–Kier alpha value is -4.59. The van der Waals surface area contributed by atoms with E-state index in [0.29, 0.717) is 49.6 Å². The minimum Gasteiger partial charge on any atom is -0.491 e. The second kappa shape index (κ2) is 12.1. The van der Waals surface area contributed by atoms with E-state index in [1.54, 1.807) is 12.1 Å². The van der Waals surface area contributed by atoms with Crippen molar-refractivity contribution in [3.8, 4) is 17.0 Å². The Morgan fingerprint density at radius 1 is 0.933 bits per heavy atom. The molecule has 2 aliphatic carbocycles. The first kappa shape index (κ1) is 29.1.